The highest BCUT2D eigenvalue weighted by atomic mass is 16.5. The van der Waals surface area contributed by atoms with Crippen molar-refractivity contribution in [3.63, 3.8) is 0 Å². The fraction of sp³-hybridized carbons (Fsp3) is 0.385. The number of nitrogens with zero attached hydrogens (tertiary/aromatic N) is 2. The van der Waals surface area contributed by atoms with Crippen LogP contribution in [0.15, 0.2) is 33.4 Å². The van der Waals surface area contributed by atoms with E-state index in [-0.39, 0.29) is 12.5 Å². The summed E-state index contributed by atoms with van der Waals surface area (Å²) in [6.45, 7) is 3.44. The minimum atomic E-state index is -0.267. The van der Waals surface area contributed by atoms with Gasteiger partial charge in [-0.1, -0.05) is 12.1 Å². The first-order valence-corrected chi connectivity index (χ1v) is 6.01. The molecule has 0 N–H and O–H groups in total. The molecule has 0 bridgehead atoms. The lowest BCUT2D eigenvalue weighted by Gasteiger charge is -2.16. The van der Waals surface area contributed by atoms with Gasteiger partial charge in [0.05, 0.1) is 25.6 Å². The van der Waals surface area contributed by atoms with Crippen molar-refractivity contribution in [1.82, 2.24) is 10.1 Å². The van der Waals surface area contributed by atoms with Crippen LogP contribution >= 0.6 is 0 Å². The maximum atomic E-state index is 11.2. The van der Waals surface area contributed by atoms with Gasteiger partial charge in [-0.25, -0.2) is 0 Å². The standard InChI is InChI=1S/C13H16N2O4/c1-3-15(9-13(16)17-2)8-10-7-12(19-14-10)11-5-4-6-18-11/h4-7H,3,8-9H2,1-2H3. The van der Waals surface area contributed by atoms with Gasteiger partial charge in [-0.15, -0.1) is 0 Å². The van der Waals surface area contributed by atoms with Gasteiger partial charge in [-0.05, 0) is 18.7 Å². The molecule has 0 fully saturated rings. The highest BCUT2D eigenvalue weighted by Gasteiger charge is 2.14. The van der Waals surface area contributed by atoms with Crippen LogP contribution in [0.4, 0.5) is 0 Å². The van der Waals surface area contributed by atoms with Gasteiger partial charge < -0.3 is 13.7 Å². The van der Waals surface area contributed by atoms with E-state index in [1.165, 1.54) is 7.11 Å². The number of esters is 1. The van der Waals surface area contributed by atoms with Crippen molar-refractivity contribution in [3.8, 4) is 11.5 Å². The molecule has 0 radical (unpaired) electrons. The molecule has 2 heterocycles. The Morgan fingerprint density at radius 3 is 2.95 bits per heavy atom. The van der Waals surface area contributed by atoms with Crippen LogP contribution < -0.4 is 0 Å². The molecule has 2 rings (SSSR count). The van der Waals surface area contributed by atoms with Gasteiger partial charge in [0, 0.05) is 12.6 Å². The Kier molecular flexibility index (Phi) is 4.35. The molecule has 2 aromatic heterocycles. The fourth-order valence-electron chi connectivity index (χ4n) is 1.68. The Morgan fingerprint density at radius 1 is 1.47 bits per heavy atom. The second kappa shape index (κ2) is 6.19. The molecule has 102 valence electrons. The van der Waals surface area contributed by atoms with E-state index in [1.54, 1.807) is 24.5 Å². The topological polar surface area (TPSA) is 68.7 Å². The number of aromatic nitrogens is 1. The van der Waals surface area contributed by atoms with E-state index in [4.69, 9.17) is 8.94 Å². The molecule has 0 aliphatic carbocycles. The van der Waals surface area contributed by atoms with Gasteiger partial charge in [0.1, 0.15) is 0 Å². The second-order valence-corrected chi connectivity index (χ2v) is 4.04. The summed E-state index contributed by atoms with van der Waals surface area (Å²) in [7, 11) is 1.38. The van der Waals surface area contributed by atoms with E-state index in [2.05, 4.69) is 9.89 Å². The van der Waals surface area contributed by atoms with Gasteiger partial charge >= 0.3 is 5.97 Å². The quantitative estimate of drug-likeness (QED) is 0.742. The van der Waals surface area contributed by atoms with Crippen LogP contribution in [0.3, 0.4) is 0 Å². The summed E-state index contributed by atoms with van der Waals surface area (Å²) >= 11 is 0. The molecule has 0 saturated heterocycles. The lowest BCUT2D eigenvalue weighted by molar-refractivity contribution is -0.142. The third-order valence-corrected chi connectivity index (χ3v) is 2.74. The lowest BCUT2D eigenvalue weighted by Crippen LogP contribution is -2.30. The first-order valence-electron chi connectivity index (χ1n) is 6.01. The lowest BCUT2D eigenvalue weighted by atomic mass is 10.3. The van der Waals surface area contributed by atoms with Crippen molar-refractivity contribution in [2.24, 2.45) is 0 Å². The molecule has 0 amide bonds. The number of rotatable bonds is 6. The van der Waals surface area contributed by atoms with Crippen LogP contribution in [0.25, 0.3) is 11.5 Å². The third kappa shape index (κ3) is 3.45. The third-order valence-electron chi connectivity index (χ3n) is 2.74. The molecule has 0 atom stereocenters. The zero-order chi connectivity index (χ0) is 13.7. The molecule has 0 spiro atoms. The Bertz CT molecular complexity index is 518. The molecular weight excluding hydrogens is 248 g/mol. The van der Waals surface area contributed by atoms with E-state index in [9.17, 15) is 4.79 Å². The van der Waals surface area contributed by atoms with E-state index in [0.29, 0.717) is 18.1 Å². The van der Waals surface area contributed by atoms with Crippen molar-refractivity contribution in [1.29, 1.82) is 0 Å². The molecule has 19 heavy (non-hydrogen) atoms. The van der Waals surface area contributed by atoms with Gasteiger partial charge in [0.15, 0.2) is 5.76 Å². The minimum absolute atomic E-state index is 0.232. The smallest absolute Gasteiger partial charge is 0.319 e. The zero-order valence-electron chi connectivity index (χ0n) is 11.0. The minimum Gasteiger partial charge on any atom is -0.468 e. The summed E-state index contributed by atoms with van der Waals surface area (Å²) in [5.41, 5.74) is 0.747. The van der Waals surface area contributed by atoms with Gasteiger partial charge in [-0.3, -0.25) is 9.69 Å². The van der Waals surface area contributed by atoms with E-state index in [0.717, 1.165) is 12.2 Å². The molecule has 0 saturated carbocycles. The molecule has 6 heteroatoms. The van der Waals surface area contributed by atoms with Crippen LogP contribution in [-0.4, -0.2) is 36.2 Å². The zero-order valence-corrected chi connectivity index (χ0v) is 11.0. The van der Waals surface area contributed by atoms with Crippen molar-refractivity contribution in [3.05, 3.63) is 30.2 Å². The van der Waals surface area contributed by atoms with Crippen LogP contribution in [-0.2, 0) is 16.1 Å². The van der Waals surface area contributed by atoms with E-state index in [1.807, 2.05) is 11.8 Å². The summed E-state index contributed by atoms with van der Waals surface area (Å²) in [6, 6.07) is 5.39. The molecule has 0 aromatic carbocycles. The largest absolute Gasteiger partial charge is 0.468 e. The van der Waals surface area contributed by atoms with Crippen molar-refractivity contribution in [2.75, 3.05) is 20.2 Å². The number of carbonyl (C=O) groups is 1. The monoisotopic (exact) mass is 264 g/mol. The second-order valence-electron chi connectivity index (χ2n) is 4.04. The summed E-state index contributed by atoms with van der Waals surface area (Å²) in [5, 5.41) is 3.96. The van der Waals surface area contributed by atoms with Crippen molar-refractivity contribution < 1.29 is 18.5 Å². The highest BCUT2D eigenvalue weighted by Crippen LogP contribution is 2.21. The Morgan fingerprint density at radius 2 is 2.32 bits per heavy atom. The fourth-order valence-corrected chi connectivity index (χ4v) is 1.68. The molecule has 2 aromatic rings. The predicted molar refractivity (Wildman–Crippen MR) is 67.2 cm³/mol. The van der Waals surface area contributed by atoms with Crippen LogP contribution in [0.2, 0.25) is 0 Å². The number of hydrogen-bond donors (Lipinski definition) is 0. The number of methoxy groups -OCH3 is 1. The number of ether oxygens (including phenoxy) is 1. The molecule has 0 aliphatic heterocycles. The van der Waals surface area contributed by atoms with Crippen molar-refractivity contribution >= 4 is 5.97 Å². The summed E-state index contributed by atoms with van der Waals surface area (Å²) < 4.78 is 15.1. The normalized spacial score (nSPS) is 10.9. The van der Waals surface area contributed by atoms with Crippen LogP contribution in [0.1, 0.15) is 12.6 Å². The van der Waals surface area contributed by atoms with Gasteiger partial charge in [0.25, 0.3) is 0 Å². The van der Waals surface area contributed by atoms with Crippen LogP contribution in [0.5, 0.6) is 0 Å². The maximum Gasteiger partial charge on any atom is 0.319 e. The van der Waals surface area contributed by atoms with Gasteiger partial charge in [-0.2, -0.15) is 0 Å². The summed E-state index contributed by atoms with van der Waals surface area (Å²) in [6.07, 6.45) is 1.58. The van der Waals surface area contributed by atoms with E-state index < -0.39 is 0 Å². The summed E-state index contributed by atoms with van der Waals surface area (Å²) in [5.74, 6) is 0.945. The number of hydrogen-bond acceptors (Lipinski definition) is 6. The SMILES string of the molecule is CCN(CC(=O)OC)Cc1cc(-c2ccco2)on1. The average Bonchev–Trinajstić information content (AvgIpc) is 3.08. The first-order chi connectivity index (χ1) is 9.22. The predicted octanol–water partition coefficient (Wildman–Crippen LogP) is 1.93. The number of carbonyl (C=O) groups excluding carboxylic acids is 1. The molecule has 0 unspecified atom stereocenters. The highest BCUT2D eigenvalue weighted by molar-refractivity contribution is 5.71. The molecule has 0 aliphatic rings. The number of furan rings is 1. The van der Waals surface area contributed by atoms with Crippen molar-refractivity contribution in [2.45, 2.75) is 13.5 Å². The number of likely N-dealkylation sites (N-methyl/N-ethyl adjacent to an activating group) is 1. The summed E-state index contributed by atoms with van der Waals surface area (Å²) in [4.78, 5) is 13.2. The van der Waals surface area contributed by atoms with E-state index >= 15 is 0 Å². The van der Waals surface area contributed by atoms with Crippen LogP contribution in [0, 0.1) is 0 Å². The maximum absolute atomic E-state index is 11.2. The Labute approximate surface area is 110 Å². The first kappa shape index (κ1) is 13.4. The van der Waals surface area contributed by atoms with Gasteiger partial charge in [0.2, 0.25) is 5.76 Å². The average molecular weight is 264 g/mol. The Hall–Kier alpha value is -2.08. The molecule has 6 nitrogen and oxygen atoms in total. The molecular formula is C13H16N2O4. The Balaban J connectivity index is 2.00.